The molecule has 0 saturated carbocycles. The topological polar surface area (TPSA) is 99.9 Å². The molecule has 1 heterocycles. The average molecular weight is 358 g/mol. The van der Waals surface area contributed by atoms with Gasteiger partial charge in [-0.25, -0.2) is 0 Å². The highest BCUT2D eigenvalue weighted by atomic mass is 16.6. The summed E-state index contributed by atoms with van der Waals surface area (Å²) in [4.78, 5) is 23.3. The number of fused-ring (bicyclic) bond motifs is 1. The number of hydrogen-bond donors (Lipinski definition) is 1. The van der Waals surface area contributed by atoms with Crippen LogP contribution in [0.25, 0.3) is 0 Å². The van der Waals surface area contributed by atoms with E-state index in [2.05, 4.69) is 5.32 Å². The quantitative estimate of drug-likeness (QED) is 0.651. The van der Waals surface area contributed by atoms with Gasteiger partial charge in [0.1, 0.15) is 0 Å². The highest BCUT2D eigenvalue weighted by Gasteiger charge is 2.36. The van der Waals surface area contributed by atoms with Gasteiger partial charge in [-0.3, -0.25) is 14.9 Å². The fourth-order valence-electron chi connectivity index (χ4n) is 3.33. The van der Waals surface area contributed by atoms with Crippen LogP contribution in [0.1, 0.15) is 23.5 Å². The molecule has 0 aliphatic carbocycles. The van der Waals surface area contributed by atoms with E-state index in [0.29, 0.717) is 34.1 Å². The van der Waals surface area contributed by atoms with Crippen molar-refractivity contribution in [2.24, 2.45) is 0 Å². The van der Waals surface area contributed by atoms with Crippen LogP contribution in [0, 0.1) is 10.1 Å². The van der Waals surface area contributed by atoms with Gasteiger partial charge in [0.2, 0.25) is 11.7 Å². The van der Waals surface area contributed by atoms with Crippen molar-refractivity contribution in [2.75, 3.05) is 26.6 Å². The van der Waals surface area contributed by atoms with Gasteiger partial charge in [-0.15, -0.1) is 0 Å². The minimum absolute atomic E-state index is 0.0463. The molecule has 1 N–H and O–H groups in total. The van der Waals surface area contributed by atoms with Crippen molar-refractivity contribution in [1.29, 1.82) is 0 Å². The number of rotatable bonds is 5. The Labute approximate surface area is 149 Å². The molecule has 0 radical (unpaired) electrons. The molecule has 0 aromatic heterocycles. The number of anilines is 1. The van der Waals surface area contributed by atoms with Crippen LogP contribution in [-0.2, 0) is 4.79 Å². The third kappa shape index (κ3) is 2.79. The van der Waals surface area contributed by atoms with Crippen LogP contribution in [-0.4, -0.2) is 32.2 Å². The monoisotopic (exact) mass is 358 g/mol. The van der Waals surface area contributed by atoms with E-state index in [-0.39, 0.29) is 18.0 Å². The molecule has 1 aliphatic heterocycles. The van der Waals surface area contributed by atoms with Crippen molar-refractivity contribution in [3.8, 4) is 17.2 Å². The van der Waals surface area contributed by atoms with Crippen LogP contribution in [0.15, 0.2) is 30.3 Å². The summed E-state index contributed by atoms with van der Waals surface area (Å²) in [5, 5.41) is 14.2. The van der Waals surface area contributed by atoms with Gasteiger partial charge in [-0.05, 0) is 0 Å². The van der Waals surface area contributed by atoms with Crippen LogP contribution < -0.4 is 19.5 Å². The molecule has 1 aliphatic rings. The molecule has 0 saturated heterocycles. The third-order valence-electron chi connectivity index (χ3n) is 4.39. The first-order valence-corrected chi connectivity index (χ1v) is 7.87. The first kappa shape index (κ1) is 17.5. The zero-order chi connectivity index (χ0) is 18.8. The lowest BCUT2D eigenvalue weighted by molar-refractivity contribution is -0.385. The zero-order valence-electron chi connectivity index (χ0n) is 14.6. The minimum Gasteiger partial charge on any atom is -0.493 e. The number of nitro benzene ring substituents is 1. The van der Waals surface area contributed by atoms with E-state index in [9.17, 15) is 14.9 Å². The summed E-state index contributed by atoms with van der Waals surface area (Å²) >= 11 is 0. The summed E-state index contributed by atoms with van der Waals surface area (Å²) in [6.45, 7) is 0. The largest absolute Gasteiger partial charge is 0.493 e. The molecule has 8 nitrogen and oxygen atoms in total. The van der Waals surface area contributed by atoms with Gasteiger partial charge in [0.25, 0.3) is 5.69 Å². The second kappa shape index (κ2) is 6.91. The van der Waals surface area contributed by atoms with Crippen molar-refractivity contribution in [3.63, 3.8) is 0 Å². The number of carbonyl (C=O) groups is 1. The smallest absolute Gasteiger partial charge is 0.273 e. The standard InChI is InChI=1S/C18H18N2O6/c1-24-14-9-12-16(18(26-3)17(14)25-2)11(8-15(21)19-12)10-6-4-5-7-13(10)20(22)23/h4-7,9,11H,8H2,1-3H3,(H,19,21)/t11-/m1/s1. The molecule has 1 amide bonds. The average Bonchev–Trinajstić information content (AvgIpc) is 2.65. The summed E-state index contributed by atoms with van der Waals surface area (Å²) in [5.74, 6) is 0.357. The number of ether oxygens (including phenoxy) is 3. The Morgan fingerprint density at radius 2 is 1.81 bits per heavy atom. The Hall–Kier alpha value is -3.29. The number of hydrogen-bond acceptors (Lipinski definition) is 6. The molecule has 8 heteroatoms. The summed E-state index contributed by atoms with van der Waals surface area (Å²) in [5.41, 5.74) is 1.51. The normalized spacial score (nSPS) is 15.7. The minimum atomic E-state index is -0.546. The van der Waals surface area contributed by atoms with Gasteiger partial charge in [-0.1, -0.05) is 18.2 Å². The van der Waals surface area contributed by atoms with Crippen molar-refractivity contribution < 1.29 is 23.9 Å². The third-order valence-corrected chi connectivity index (χ3v) is 4.39. The van der Waals surface area contributed by atoms with Gasteiger partial charge < -0.3 is 19.5 Å². The van der Waals surface area contributed by atoms with Crippen molar-refractivity contribution in [3.05, 3.63) is 51.6 Å². The highest BCUT2D eigenvalue weighted by Crippen LogP contribution is 2.52. The summed E-state index contributed by atoms with van der Waals surface area (Å²) < 4.78 is 16.3. The van der Waals surface area contributed by atoms with Gasteiger partial charge in [-0.2, -0.15) is 0 Å². The number of nitro groups is 1. The fraction of sp³-hybridized carbons (Fsp3) is 0.278. The summed E-state index contributed by atoms with van der Waals surface area (Å²) in [6.07, 6.45) is 0.0592. The number of nitrogens with zero attached hydrogens (tertiary/aromatic N) is 1. The van der Waals surface area contributed by atoms with Gasteiger partial charge >= 0.3 is 0 Å². The van der Waals surface area contributed by atoms with E-state index < -0.39 is 10.8 Å². The lowest BCUT2D eigenvalue weighted by atomic mass is 9.83. The maximum absolute atomic E-state index is 12.3. The highest BCUT2D eigenvalue weighted by molar-refractivity contribution is 5.97. The second-order valence-electron chi connectivity index (χ2n) is 5.73. The number of methoxy groups -OCH3 is 3. The van der Waals surface area contributed by atoms with Crippen molar-refractivity contribution in [1.82, 2.24) is 0 Å². The summed E-state index contributed by atoms with van der Waals surface area (Å²) in [7, 11) is 4.44. The van der Waals surface area contributed by atoms with Crippen LogP contribution in [0.3, 0.4) is 0 Å². The molecule has 2 aromatic rings. The van der Waals surface area contributed by atoms with Gasteiger partial charge in [0.15, 0.2) is 11.5 Å². The Balaban J connectivity index is 2.30. The van der Waals surface area contributed by atoms with Crippen LogP contribution in [0.5, 0.6) is 17.2 Å². The Bertz CT molecular complexity index is 880. The maximum Gasteiger partial charge on any atom is 0.273 e. The predicted octanol–water partition coefficient (Wildman–Crippen LogP) is 3.09. The van der Waals surface area contributed by atoms with E-state index in [4.69, 9.17) is 14.2 Å². The van der Waals surface area contributed by atoms with Gasteiger partial charge in [0, 0.05) is 35.6 Å². The first-order chi connectivity index (χ1) is 12.5. The van der Waals surface area contributed by atoms with E-state index in [1.165, 1.54) is 27.4 Å². The van der Waals surface area contributed by atoms with Crippen LogP contribution in [0.4, 0.5) is 11.4 Å². The van der Waals surface area contributed by atoms with E-state index >= 15 is 0 Å². The number of benzene rings is 2. The van der Waals surface area contributed by atoms with Crippen LogP contribution in [0.2, 0.25) is 0 Å². The maximum atomic E-state index is 12.3. The number of para-hydroxylation sites is 1. The molecule has 2 aromatic carbocycles. The lowest BCUT2D eigenvalue weighted by Crippen LogP contribution is -2.25. The Morgan fingerprint density at radius 1 is 1.12 bits per heavy atom. The number of nitrogens with one attached hydrogen (secondary N) is 1. The molecule has 136 valence electrons. The molecular formula is C18H18N2O6. The fourth-order valence-corrected chi connectivity index (χ4v) is 3.33. The first-order valence-electron chi connectivity index (χ1n) is 7.87. The van der Waals surface area contributed by atoms with Crippen LogP contribution >= 0.6 is 0 Å². The summed E-state index contributed by atoms with van der Waals surface area (Å²) in [6, 6.07) is 8.02. The Morgan fingerprint density at radius 3 is 2.42 bits per heavy atom. The van der Waals surface area contributed by atoms with Crippen molar-refractivity contribution in [2.45, 2.75) is 12.3 Å². The van der Waals surface area contributed by atoms with E-state index in [0.717, 1.165) is 0 Å². The molecule has 1 atom stereocenters. The number of amides is 1. The van der Waals surface area contributed by atoms with Gasteiger partial charge in [0.05, 0.1) is 31.9 Å². The molecule has 26 heavy (non-hydrogen) atoms. The second-order valence-corrected chi connectivity index (χ2v) is 5.73. The molecule has 0 bridgehead atoms. The lowest BCUT2D eigenvalue weighted by Gasteiger charge is -2.29. The zero-order valence-corrected chi connectivity index (χ0v) is 14.6. The van der Waals surface area contributed by atoms with Crippen molar-refractivity contribution >= 4 is 17.3 Å². The molecular weight excluding hydrogens is 340 g/mol. The predicted molar refractivity (Wildman–Crippen MR) is 94.3 cm³/mol. The number of carbonyl (C=O) groups excluding carboxylic acids is 1. The Kier molecular flexibility index (Phi) is 4.66. The molecule has 0 unspecified atom stereocenters. The molecule has 0 spiro atoms. The SMILES string of the molecule is COc1cc2c(c(OC)c1OC)[C@@H](c1ccccc1[N+](=O)[O-])CC(=O)N2. The van der Waals surface area contributed by atoms with E-state index in [1.807, 2.05) is 0 Å². The molecule has 0 fully saturated rings. The molecule has 3 rings (SSSR count). The van der Waals surface area contributed by atoms with E-state index in [1.54, 1.807) is 24.3 Å².